The maximum atomic E-state index is 14.1. The molecule has 134 valence electrons. The normalized spacial score (nSPS) is 15.1. The van der Waals surface area contributed by atoms with E-state index in [2.05, 4.69) is 25.5 Å². The minimum absolute atomic E-state index is 0.0483. The molecule has 3 N–H and O–H groups in total. The van der Waals surface area contributed by atoms with Crippen molar-refractivity contribution < 1.29 is 14.3 Å². The third-order valence-corrected chi connectivity index (χ3v) is 4.32. The summed E-state index contributed by atoms with van der Waals surface area (Å²) in [5.74, 6) is -1.24. The molecule has 1 fully saturated rings. The highest BCUT2D eigenvalue weighted by Crippen LogP contribution is 2.36. The third-order valence-electron chi connectivity index (χ3n) is 4.32. The lowest BCUT2D eigenvalue weighted by Crippen LogP contribution is -2.26. The van der Waals surface area contributed by atoms with E-state index in [1.54, 1.807) is 12.1 Å². The molecule has 26 heavy (non-hydrogen) atoms. The fourth-order valence-electron chi connectivity index (χ4n) is 2.84. The molecule has 0 aliphatic heterocycles. The maximum Gasteiger partial charge on any atom is 0.347 e. The molecular weight excluding hydrogens is 343 g/mol. The van der Waals surface area contributed by atoms with Crippen LogP contribution in [0, 0.1) is 11.7 Å². The molecule has 3 heterocycles. The van der Waals surface area contributed by atoms with Crippen LogP contribution < -0.4 is 11.0 Å². The number of hydrogen-bond donors (Lipinski definition) is 3. The zero-order valence-electron chi connectivity index (χ0n) is 13.5. The lowest BCUT2D eigenvalue weighted by molar-refractivity contribution is -0.137. The van der Waals surface area contributed by atoms with Gasteiger partial charge >= 0.3 is 11.7 Å². The summed E-state index contributed by atoms with van der Waals surface area (Å²) in [6.45, 7) is 0. The number of rotatable bonds is 6. The monoisotopic (exact) mass is 358 g/mol. The van der Waals surface area contributed by atoms with Gasteiger partial charge in [-0.15, -0.1) is 0 Å². The summed E-state index contributed by atoms with van der Waals surface area (Å²) in [4.78, 5) is 30.9. The molecule has 9 nitrogen and oxygen atoms in total. The molecule has 0 radical (unpaired) electrons. The van der Waals surface area contributed by atoms with Gasteiger partial charge in [0.15, 0.2) is 23.1 Å². The Morgan fingerprint density at radius 3 is 3.00 bits per heavy atom. The summed E-state index contributed by atoms with van der Waals surface area (Å²) >= 11 is 0. The summed E-state index contributed by atoms with van der Waals surface area (Å²) in [7, 11) is 0. The van der Waals surface area contributed by atoms with E-state index in [9.17, 15) is 14.0 Å². The number of anilines is 1. The number of aromatic amines is 1. The van der Waals surface area contributed by atoms with Crippen molar-refractivity contribution in [3.63, 3.8) is 0 Å². The van der Waals surface area contributed by atoms with Gasteiger partial charge in [-0.2, -0.15) is 5.10 Å². The van der Waals surface area contributed by atoms with Crippen molar-refractivity contribution in [2.45, 2.75) is 25.3 Å². The molecule has 0 bridgehead atoms. The van der Waals surface area contributed by atoms with Gasteiger partial charge in [-0.3, -0.25) is 4.79 Å². The van der Waals surface area contributed by atoms with Gasteiger partial charge in [-0.05, 0) is 30.9 Å². The molecule has 0 spiro atoms. The number of aromatic nitrogens is 5. The lowest BCUT2D eigenvalue weighted by Gasteiger charge is -2.17. The van der Waals surface area contributed by atoms with Crippen molar-refractivity contribution in [3.05, 3.63) is 40.8 Å². The highest BCUT2D eigenvalue weighted by atomic mass is 19.1. The number of nitrogens with one attached hydrogen (secondary N) is 2. The smallest absolute Gasteiger partial charge is 0.347 e. The molecule has 0 amide bonds. The number of carboxylic acid groups (broad SMARTS) is 1. The van der Waals surface area contributed by atoms with Gasteiger partial charge in [0.2, 0.25) is 0 Å². The summed E-state index contributed by atoms with van der Waals surface area (Å²) in [6, 6.07) is 2.90. The summed E-state index contributed by atoms with van der Waals surface area (Å²) in [5.41, 5.74) is 0.539. The number of aliphatic carboxylic acids is 1. The van der Waals surface area contributed by atoms with E-state index in [1.165, 1.54) is 10.6 Å². The predicted octanol–water partition coefficient (Wildman–Crippen LogP) is 1.28. The Labute approximate surface area is 145 Å². The quantitative estimate of drug-likeness (QED) is 0.606. The van der Waals surface area contributed by atoms with Crippen molar-refractivity contribution in [1.82, 2.24) is 24.6 Å². The lowest BCUT2D eigenvalue weighted by atomic mass is 10.1. The number of nitrogens with zero attached hydrogens (tertiary/aromatic N) is 4. The number of H-pyrrole nitrogens is 1. The number of carboxylic acids is 1. The molecule has 3 aromatic heterocycles. The number of fused-ring (bicyclic) bond motifs is 1. The predicted molar refractivity (Wildman–Crippen MR) is 89.2 cm³/mol. The second kappa shape index (κ2) is 6.21. The SMILES string of the molecule is O=C(O)CC(Nc1nc(-c2ccc3n[nH]c(=O)n3c2)ncc1F)C1CC1. The molecule has 0 aromatic carbocycles. The molecule has 1 aliphatic rings. The molecule has 3 aromatic rings. The number of carbonyl (C=O) groups is 1. The van der Waals surface area contributed by atoms with Gasteiger partial charge in [0.25, 0.3) is 0 Å². The minimum atomic E-state index is -0.950. The van der Waals surface area contributed by atoms with Crippen LogP contribution in [0.1, 0.15) is 19.3 Å². The highest BCUT2D eigenvalue weighted by molar-refractivity contribution is 5.68. The molecule has 1 saturated carbocycles. The average molecular weight is 358 g/mol. The summed E-state index contributed by atoms with van der Waals surface area (Å²) < 4.78 is 15.4. The second-order valence-corrected chi connectivity index (χ2v) is 6.25. The van der Waals surface area contributed by atoms with Gasteiger partial charge in [0.05, 0.1) is 12.6 Å². The molecule has 4 rings (SSSR count). The first-order chi connectivity index (χ1) is 12.5. The maximum absolute atomic E-state index is 14.1. The Hall–Kier alpha value is -3.30. The van der Waals surface area contributed by atoms with Crippen LogP contribution in [0.25, 0.3) is 17.0 Å². The fraction of sp³-hybridized carbons (Fsp3) is 0.312. The molecule has 10 heteroatoms. The van der Waals surface area contributed by atoms with E-state index < -0.39 is 17.5 Å². The average Bonchev–Trinajstić information content (AvgIpc) is 3.40. The van der Waals surface area contributed by atoms with Gasteiger partial charge in [0.1, 0.15) is 0 Å². The van der Waals surface area contributed by atoms with E-state index in [4.69, 9.17) is 5.11 Å². The van der Waals surface area contributed by atoms with Crippen molar-refractivity contribution in [2.24, 2.45) is 5.92 Å². The molecule has 1 aliphatic carbocycles. The Balaban J connectivity index is 1.67. The Morgan fingerprint density at radius 1 is 1.46 bits per heavy atom. The van der Waals surface area contributed by atoms with Crippen LogP contribution in [0.4, 0.5) is 10.2 Å². The Morgan fingerprint density at radius 2 is 2.27 bits per heavy atom. The van der Waals surface area contributed by atoms with Gasteiger partial charge in [0, 0.05) is 17.8 Å². The zero-order chi connectivity index (χ0) is 18.3. The van der Waals surface area contributed by atoms with Crippen LogP contribution >= 0.6 is 0 Å². The summed E-state index contributed by atoms with van der Waals surface area (Å²) in [6.07, 6.45) is 4.24. The fourth-order valence-corrected chi connectivity index (χ4v) is 2.84. The molecular formula is C16H15FN6O3. The standard InChI is InChI=1S/C16H15FN6O3/c17-10-6-18-14(9-3-4-12-21-22-16(26)23(12)7-9)20-15(10)19-11(5-13(24)25)8-1-2-8/h3-4,6-8,11H,1-2,5H2,(H,22,26)(H,24,25)(H,18,19,20). The Bertz CT molecular complexity index is 1040. The molecule has 1 atom stereocenters. The first kappa shape index (κ1) is 16.2. The number of pyridine rings is 1. The van der Waals surface area contributed by atoms with Crippen LogP contribution in [0.2, 0.25) is 0 Å². The highest BCUT2D eigenvalue weighted by Gasteiger charge is 2.33. The minimum Gasteiger partial charge on any atom is -0.481 e. The van der Waals surface area contributed by atoms with Crippen molar-refractivity contribution in [1.29, 1.82) is 0 Å². The van der Waals surface area contributed by atoms with Crippen molar-refractivity contribution >= 4 is 17.4 Å². The van der Waals surface area contributed by atoms with Gasteiger partial charge in [-0.1, -0.05) is 0 Å². The van der Waals surface area contributed by atoms with Crippen LogP contribution in [-0.4, -0.2) is 41.7 Å². The van der Waals surface area contributed by atoms with Crippen LogP contribution in [0.3, 0.4) is 0 Å². The third kappa shape index (κ3) is 3.13. The van der Waals surface area contributed by atoms with Gasteiger partial charge in [-0.25, -0.2) is 28.7 Å². The van der Waals surface area contributed by atoms with E-state index in [0.29, 0.717) is 11.2 Å². The number of hydrogen-bond acceptors (Lipinski definition) is 6. The summed E-state index contributed by atoms with van der Waals surface area (Å²) in [5, 5.41) is 18.1. The number of halogens is 1. The van der Waals surface area contributed by atoms with Crippen LogP contribution in [0.5, 0.6) is 0 Å². The van der Waals surface area contributed by atoms with E-state index in [0.717, 1.165) is 19.0 Å². The zero-order valence-corrected chi connectivity index (χ0v) is 13.5. The van der Waals surface area contributed by atoms with E-state index in [-0.39, 0.29) is 30.0 Å². The van der Waals surface area contributed by atoms with E-state index >= 15 is 0 Å². The molecule has 1 unspecified atom stereocenters. The van der Waals surface area contributed by atoms with Crippen LogP contribution in [0.15, 0.2) is 29.3 Å². The van der Waals surface area contributed by atoms with Gasteiger partial charge < -0.3 is 10.4 Å². The van der Waals surface area contributed by atoms with E-state index in [1.807, 2.05) is 0 Å². The first-order valence-corrected chi connectivity index (χ1v) is 8.09. The van der Waals surface area contributed by atoms with Crippen molar-refractivity contribution in [3.8, 4) is 11.4 Å². The largest absolute Gasteiger partial charge is 0.481 e. The van der Waals surface area contributed by atoms with Crippen LogP contribution in [-0.2, 0) is 4.79 Å². The first-order valence-electron chi connectivity index (χ1n) is 8.09. The molecule has 0 saturated heterocycles. The second-order valence-electron chi connectivity index (χ2n) is 6.25. The topological polar surface area (TPSA) is 125 Å². The Kier molecular flexibility index (Phi) is 3.86. The van der Waals surface area contributed by atoms with Crippen molar-refractivity contribution in [2.75, 3.05) is 5.32 Å².